The predicted octanol–water partition coefficient (Wildman–Crippen LogP) is 4.29. The summed E-state index contributed by atoms with van der Waals surface area (Å²) < 4.78 is 61.6. The zero-order chi connectivity index (χ0) is 22.6. The second-order valence-corrected chi connectivity index (χ2v) is 10.5. The van der Waals surface area contributed by atoms with Gasteiger partial charge in [0.1, 0.15) is 16.5 Å². The summed E-state index contributed by atoms with van der Waals surface area (Å²) in [6.45, 7) is 1.76. The van der Waals surface area contributed by atoms with Crippen LogP contribution in [-0.4, -0.2) is 37.1 Å². The van der Waals surface area contributed by atoms with Crippen LogP contribution in [-0.2, 0) is 16.3 Å². The van der Waals surface area contributed by atoms with E-state index >= 15 is 0 Å². The van der Waals surface area contributed by atoms with E-state index in [1.807, 2.05) is 0 Å². The molecular weight excluding hydrogens is 431 g/mol. The van der Waals surface area contributed by atoms with Gasteiger partial charge in [0.15, 0.2) is 0 Å². The minimum Gasteiger partial charge on any atom is -0.320 e. The van der Waals surface area contributed by atoms with Crippen molar-refractivity contribution in [2.45, 2.75) is 37.3 Å². The van der Waals surface area contributed by atoms with E-state index in [0.29, 0.717) is 5.39 Å². The lowest BCUT2D eigenvalue weighted by molar-refractivity contribution is -0.159. The summed E-state index contributed by atoms with van der Waals surface area (Å²) in [6, 6.07) is 6.60. The first kappa shape index (κ1) is 21.3. The molecule has 1 aliphatic rings. The van der Waals surface area contributed by atoms with Gasteiger partial charge in [-0.05, 0) is 29.7 Å². The third-order valence-electron chi connectivity index (χ3n) is 5.21. The average Bonchev–Trinajstić information content (AvgIpc) is 2.95. The molecule has 3 aromatic rings. The highest BCUT2D eigenvalue weighted by molar-refractivity contribution is 7.91. The number of amides is 1. The Bertz CT molecular complexity index is 1300. The largest absolute Gasteiger partial charge is 0.320 e. The molecule has 31 heavy (non-hydrogen) atoms. The molecule has 2 heterocycles. The van der Waals surface area contributed by atoms with Crippen LogP contribution < -0.4 is 5.32 Å². The summed E-state index contributed by atoms with van der Waals surface area (Å²) in [5, 5.41) is 7.33. The van der Waals surface area contributed by atoms with Crippen LogP contribution in [0.15, 0.2) is 41.6 Å². The number of alkyl halides is 2. The van der Waals surface area contributed by atoms with E-state index in [4.69, 9.17) is 4.78 Å². The van der Waals surface area contributed by atoms with E-state index in [9.17, 15) is 22.2 Å². The number of anilines is 1. The van der Waals surface area contributed by atoms with E-state index in [2.05, 4.69) is 15.4 Å². The van der Waals surface area contributed by atoms with Crippen LogP contribution in [0.4, 0.5) is 18.9 Å². The number of fused-ring (bicyclic) bond motifs is 1. The third kappa shape index (κ3) is 4.27. The molecule has 0 spiro atoms. The zero-order valence-electron chi connectivity index (χ0n) is 16.8. The van der Waals surface area contributed by atoms with Gasteiger partial charge in [-0.2, -0.15) is 5.10 Å². The number of carbonyl (C=O) groups excluding carboxylic acids is 1. The highest BCUT2D eigenvalue weighted by Gasteiger charge is 2.54. The lowest BCUT2D eigenvalue weighted by Crippen LogP contribution is -2.47. The van der Waals surface area contributed by atoms with Gasteiger partial charge >= 0.3 is 0 Å². The fourth-order valence-electron chi connectivity index (χ4n) is 4.02. The molecule has 11 heteroatoms. The minimum absolute atomic E-state index is 0.00921. The Kier molecular flexibility index (Phi) is 4.84. The van der Waals surface area contributed by atoms with Crippen LogP contribution in [0, 0.1) is 16.0 Å². The molecule has 164 valence electrons. The molecule has 1 aliphatic carbocycles. The van der Waals surface area contributed by atoms with E-state index in [0.717, 1.165) is 0 Å². The highest BCUT2D eigenvalue weighted by Crippen LogP contribution is 2.52. The van der Waals surface area contributed by atoms with Crippen molar-refractivity contribution in [1.82, 2.24) is 14.8 Å². The predicted molar refractivity (Wildman–Crippen MR) is 109 cm³/mol. The second-order valence-electron chi connectivity index (χ2n) is 8.37. The molecule has 1 unspecified atom stereocenters. The fraction of sp³-hybridized carbons (Fsp3) is 0.350. The Balaban J connectivity index is 1.71. The number of aromatic nitrogens is 3. The Hall–Kier alpha value is -2.95. The van der Waals surface area contributed by atoms with Gasteiger partial charge in [0.25, 0.3) is 5.91 Å². The number of nitrogens with zero attached hydrogens (tertiary/aromatic N) is 3. The normalized spacial score (nSPS) is 18.9. The van der Waals surface area contributed by atoms with Gasteiger partial charge in [-0.25, -0.2) is 27.1 Å². The molecule has 1 atom stereocenters. The first-order valence-corrected chi connectivity index (χ1v) is 11.4. The lowest BCUT2D eigenvalue weighted by atomic mass is 9.67. The smallest absolute Gasteiger partial charge is 0.274 e. The molecule has 0 radical (unpaired) electrons. The summed E-state index contributed by atoms with van der Waals surface area (Å²) in [5.74, 6) is -3.86. The van der Waals surface area contributed by atoms with Gasteiger partial charge in [0.05, 0.1) is 15.2 Å². The first-order valence-electron chi connectivity index (χ1n) is 9.40. The van der Waals surface area contributed by atoms with Crippen LogP contribution in [0.25, 0.3) is 10.9 Å². The molecule has 1 fully saturated rings. The number of nitrogens with one attached hydrogen (secondary N) is 2. The van der Waals surface area contributed by atoms with Gasteiger partial charge < -0.3 is 5.32 Å². The molecular formula is C20H20F3N5O2S. The zero-order valence-corrected chi connectivity index (χ0v) is 17.6. The van der Waals surface area contributed by atoms with Crippen LogP contribution in [0.3, 0.4) is 0 Å². The Labute approximate surface area is 176 Å². The van der Waals surface area contributed by atoms with Crippen LogP contribution in [0.1, 0.15) is 30.3 Å². The number of hydrogen-bond donors (Lipinski definition) is 2. The van der Waals surface area contributed by atoms with Crippen molar-refractivity contribution in [3.8, 4) is 0 Å². The SMILES string of the molecule is CC1(Cn2nc3cc(F)ccc3c2C(=O)Nc2ccnc(S(C)(=N)=O)c2)CC(F)(F)C1. The number of carbonyl (C=O) groups is 1. The lowest BCUT2D eigenvalue weighted by Gasteiger charge is -2.44. The van der Waals surface area contributed by atoms with Crippen molar-refractivity contribution in [2.75, 3.05) is 11.6 Å². The summed E-state index contributed by atoms with van der Waals surface area (Å²) in [4.78, 5) is 17.0. The number of pyridine rings is 1. The topological polar surface area (TPSA) is 101 Å². The quantitative estimate of drug-likeness (QED) is 0.604. The summed E-state index contributed by atoms with van der Waals surface area (Å²) in [5.41, 5.74) is -0.144. The monoisotopic (exact) mass is 451 g/mol. The average molecular weight is 451 g/mol. The molecule has 0 aliphatic heterocycles. The molecule has 1 saturated carbocycles. The molecule has 0 bridgehead atoms. The third-order valence-corrected chi connectivity index (χ3v) is 6.23. The van der Waals surface area contributed by atoms with Crippen molar-refractivity contribution in [2.24, 2.45) is 5.41 Å². The maximum atomic E-state index is 13.7. The van der Waals surface area contributed by atoms with Gasteiger partial charge in [0, 0.05) is 49.0 Å². The Morgan fingerprint density at radius 2 is 2.00 bits per heavy atom. The first-order chi connectivity index (χ1) is 14.4. The van der Waals surface area contributed by atoms with E-state index in [1.165, 1.54) is 47.5 Å². The maximum absolute atomic E-state index is 13.7. The summed E-state index contributed by atoms with van der Waals surface area (Å²) >= 11 is 0. The second kappa shape index (κ2) is 7.04. The number of rotatable bonds is 5. The van der Waals surface area contributed by atoms with Crippen LogP contribution >= 0.6 is 0 Å². The minimum atomic E-state index is -3.09. The summed E-state index contributed by atoms with van der Waals surface area (Å²) in [6.07, 6.45) is 1.89. The van der Waals surface area contributed by atoms with E-state index in [-0.39, 0.29) is 41.3 Å². The van der Waals surface area contributed by atoms with Crippen molar-refractivity contribution < 1.29 is 22.2 Å². The van der Waals surface area contributed by atoms with Crippen molar-refractivity contribution in [3.63, 3.8) is 0 Å². The fourth-order valence-corrected chi connectivity index (χ4v) is 4.64. The molecule has 4 rings (SSSR count). The highest BCUT2D eigenvalue weighted by atomic mass is 32.2. The number of hydrogen-bond acceptors (Lipinski definition) is 5. The molecule has 1 aromatic carbocycles. The van der Waals surface area contributed by atoms with Crippen molar-refractivity contribution >= 4 is 32.2 Å². The maximum Gasteiger partial charge on any atom is 0.274 e. The van der Waals surface area contributed by atoms with Crippen molar-refractivity contribution in [1.29, 1.82) is 4.78 Å². The standard InChI is InChI=1S/C20H20F3N5O2S/c1-19(9-20(22,23)10-19)11-28-17(14-4-3-12(21)7-15(14)27-28)18(29)26-13-5-6-25-16(8-13)31(2,24)30/h3-8,24H,9-11H2,1-2H3,(H,25,26,29). The molecule has 1 amide bonds. The van der Waals surface area contributed by atoms with Gasteiger partial charge in [0.2, 0.25) is 5.92 Å². The Morgan fingerprint density at radius 1 is 1.29 bits per heavy atom. The van der Waals surface area contributed by atoms with Crippen molar-refractivity contribution in [3.05, 3.63) is 48.0 Å². The molecule has 0 saturated heterocycles. The molecule has 7 nitrogen and oxygen atoms in total. The number of benzene rings is 1. The van der Waals surface area contributed by atoms with Crippen LogP contribution in [0.5, 0.6) is 0 Å². The van der Waals surface area contributed by atoms with Gasteiger partial charge in [-0.1, -0.05) is 6.92 Å². The van der Waals surface area contributed by atoms with E-state index in [1.54, 1.807) is 6.92 Å². The molecule has 2 aromatic heterocycles. The van der Waals surface area contributed by atoms with Gasteiger partial charge in [-0.15, -0.1) is 0 Å². The Morgan fingerprint density at radius 3 is 2.65 bits per heavy atom. The van der Waals surface area contributed by atoms with Crippen LogP contribution in [0.2, 0.25) is 0 Å². The van der Waals surface area contributed by atoms with Gasteiger partial charge in [-0.3, -0.25) is 9.48 Å². The van der Waals surface area contributed by atoms with E-state index < -0.39 is 32.8 Å². The summed E-state index contributed by atoms with van der Waals surface area (Å²) in [7, 11) is -3.09. The number of halogens is 3. The molecule has 2 N–H and O–H groups in total.